The predicted octanol–water partition coefficient (Wildman–Crippen LogP) is 4.27. The van der Waals surface area contributed by atoms with E-state index in [0.717, 1.165) is 29.8 Å². The molecule has 2 aromatic carbocycles. The number of amides is 1. The largest absolute Gasteiger partial charge is 0.495 e. The maximum atomic E-state index is 12.9. The van der Waals surface area contributed by atoms with E-state index in [4.69, 9.17) is 16.3 Å². The van der Waals surface area contributed by atoms with Gasteiger partial charge in [-0.05, 0) is 42.3 Å². The van der Waals surface area contributed by atoms with Crippen LogP contribution < -0.4 is 14.8 Å². The van der Waals surface area contributed by atoms with Crippen molar-refractivity contribution in [1.82, 2.24) is 14.9 Å². The molecular weight excluding hydrogens is 472 g/mol. The Morgan fingerprint density at radius 1 is 1.16 bits per heavy atom. The SMILES string of the molecule is CCCCc1nnc(NC(=O)c2ccc(OC)c(S(=O)(=O)NCc3ccc(Cl)cc3)c2)s1. The van der Waals surface area contributed by atoms with E-state index in [9.17, 15) is 13.2 Å². The average Bonchev–Trinajstić information content (AvgIpc) is 3.24. The summed E-state index contributed by atoms with van der Waals surface area (Å²) in [7, 11) is -2.59. The Bertz CT molecular complexity index is 1180. The Morgan fingerprint density at radius 2 is 1.91 bits per heavy atom. The van der Waals surface area contributed by atoms with E-state index in [1.807, 2.05) is 0 Å². The van der Waals surface area contributed by atoms with Crippen molar-refractivity contribution in [3.8, 4) is 5.75 Å². The summed E-state index contributed by atoms with van der Waals surface area (Å²) in [6, 6.07) is 11.0. The van der Waals surface area contributed by atoms with E-state index in [-0.39, 0.29) is 22.8 Å². The number of aryl methyl sites for hydroxylation is 1. The average molecular weight is 495 g/mol. The summed E-state index contributed by atoms with van der Waals surface area (Å²) in [6.45, 7) is 2.15. The van der Waals surface area contributed by atoms with Gasteiger partial charge in [0, 0.05) is 23.6 Å². The molecule has 1 aromatic heterocycles. The first-order valence-electron chi connectivity index (χ1n) is 9.88. The van der Waals surface area contributed by atoms with Gasteiger partial charge in [-0.1, -0.05) is 48.4 Å². The minimum Gasteiger partial charge on any atom is -0.495 e. The van der Waals surface area contributed by atoms with Gasteiger partial charge in [0.15, 0.2) is 0 Å². The minimum atomic E-state index is -3.96. The third-order valence-electron chi connectivity index (χ3n) is 4.53. The van der Waals surface area contributed by atoms with Crippen molar-refractivity contribution in [2.45, 2.75) is 37.6 Å². The molecule has 0 radical (unpaired) electrons. The van der Waals surface area contributed by atoms with Gasteiger partial charge in [0.1, 0.15) is 15.7 Å². The van der Waals surface area contributed by atoms with Crippen molar-refractivity contribution in [1.29, 1.82) is 0 Å². The molecular formula is C21H23ClN4O4S2. The minimum absolute atomic E-state index is 0.0599. The number of nitrogens with zero attached hydrogens (tertiary/aromatic N) is 2. The molecule has 11 heteroatoms. The van der Waals surface area contributed by atoms with Crippen molar-refractivity contribution in [2.75, 3.05) is 12.4 Å². The lowest BCUT2D eigenvalue weighted by molar-refractivity contribution is 0.102. The van der Waals surface area contributed by atoms with Gasteiger partial charge in [0.2, 0.25) is 15.2 Å². The molecule has 0 unspecified atom stereocenters. The zero-order valence-corrected chi connectivity index (χ0v) is 20.0. The molecule has 1 amide bonds. The number of rotatable bonds is 10. The van der Waals surface area contributed by atoms with E-state index in [2.05, 4.69) is 27.2 Å². The highest BCUT2D eigenvalue weighted by Crippen LogP contribution is 2.26. The second-order valence-corrected chi connectivity index (χ2v) is 10.1. The van der Waals surface area contributed by atoms with E-state index in [1.165, 1.54) is 36.6 Å². The molecule has 3 aromatic rings. The van der Waals surface area contributed by atoms with Gasteiger partial charge in [0.05, 0.1) is 7.11 Å². The van der Waals surface area contributed by atoms with Crippen molar-refractivity contribution >= 4 is 44.0 Å². The molecule has 8 nitrogen and oxygen atoms in total. The number of carbonyl (C=O) groups excluding carboxylic acids is 1. The number of methoxy groups -OCH3 is 1. The number of benzene rings is 2. The quantitative estimate of drug-likeness (QED) is 0.435. The number of unbranched alkanes of at least 4 members (excludes halogenated alkanes) is 1. The van der Waals surface area contributed by atoms with Gasteiger partial charge in [0.25, 0.3) is 5.91 Å². The van der Waals surface area contributed by atoms with Crippen LogP contribution in [-0.2, 0) is 23.0 Å². The second kappa shape index (κ2) is 10.9. The maximum absolute atomic E-state index is 12.9. The van der Waals surface area contributed by atoms with E-state index < -0.39 is 15.9 Å². The molecule has 0 saturated carbocycles. The number of ether oxygens (including phenoxy) is 1. The molecule has 0 spiro atoms. The molecule has 0 fully saturated rings. The fourth-order valence-electron chi connectivity index (χ4n) is 2.79. The lowest BCUT2D eigenvalue weighted by Gasteiger charge is -2.12. The first kappa shape index (κ1) is 24.1. The van der Waals surface area contributed by atoms with Crippen molar-refractivity contribution < 1.29 is 17.9 Å². The summed E-state index contributed by atoms with van der Waals surface area (Å²) in [6.07, 6.45) is 2.83. The molecule has 3 rings (SSSR count). The smallest absolute Gasteiger partial charge is 0.257 e. The topological polar surface area (TPSA) is 110 Å². The normalized spacial score (nSPS) is 11.3. The molecule has 0 bridgehead atoms. The van der Waals surface area contributed by atoms with Crippen LogP contribution in [0.4, 0.5) is 5.13 Å². The summed E-state index contributed by atoms with van der Waals surface area (Å²) in [5, 5.41) is 12.5. The molecule has 0 saturated heterocycles. The van der Waals surface area contributed by atoms with Gasteiger partial charge in [-0.2, -0.15) is 0 Å². The van der Waals surface area contributed by atoms with Crippen molar-refractivity contribution in [3.05, 3.63) is 63.6 Å². The van der Waals surface area contributed by atoms with Crippen LogP contribution in [0.25, 0.3) is 0 Å². The van der Waals surface area contributed by atoms with Crippen LogP contribution in [0.1, 0.15) is 40.7 Å². The molecule has 1 heterocycles. The fourth-order valence-corrected chi connectivity index (χ4v) is 4.90. The van der Waals surface area contributed by atoms with Crippen LogP contribution in [0.15, 0.2) is 47.4 Å². The van der Waals surface area contributed by atoms with E-state index in [0.29, 0.717) is 10.2 Å². The molecule has 2 N–H and O–H groups in total. The Hall–Kier alpha value is -2.53. The van der Waals surface area contributed by atoms with Crippen LogP contribution in [0.3, 0.4) is 0 Å². The first-order valence-corrected chi connectivity index (χ1v) is 12.6. The Kier molecular flexibility index (Phi) is 8.19. The maximum Gasteiger partial charge on any atom is 0.257 e. The fraction of sp³-hybridized carbons (Fsp3) is 0.286. The van der Waals surface area contributed by atoms with Crippen LogP contribution in [-0.4, -0.2) is 31.6 Å². The Labute approximate surface area is 196 Å². The zero-order valence-electron chi connectivity index (χ0n) is 17.6. The summed E-state index contributed by atoms with van der Waals surface area (Å²) in [5.41, 5.74) is 0.893. The van der Waals surface area contributed by atoms with Gasteiger partial charge >= 0.3 is 0 Å². The number of aromatic nitrogens is 2. The summed E-state index contributed by atoms with van der Waals surface area (Å²) in [4.78, 5) is 12.6. The highest BCUT2D eigenvalue weighted by molar-refractivity contribution is 7.89. The Balaban J connectivity index is 1.77. The highest BCUT2D eigenvalue weighted by Gasteiger charge is 2.22. The van der Waals surface area contributed by atoms with Crippen molar-refractivity contribution in [2.24, 2.45) is 0 Å². The number of anilines is 1. The molecule has 32 heavy (non-hydrogen) atoms. The monoisotopic (exact) mass is 494 g/mol. The van der Waals surface area contributed by atoms with Crippen molar-refractivity contribution in [3.63, 3.8) is 0 Å². The summed E-state index contributed by atoms with van der Waals surface area (Å²) >= 11 is 7.17. The standard InChI is InChI=1S/C21H23ClN4O4S2/c1-3-4-5-19-25-26-21(31-19)24-20(27)15-8-11-17(30-2)18(12-15)32(28,29)23-13-14-6-9-16(22)10-7-14/h6-12,23H,3-5,13H2,1-2H3,(H,24,26,27). The van der Waals surface area contributed by atoms with Crippen LogP contribution >= 0.6 is 22.9 Å². The lowest BCUT2D eigenvalue weighted by atomic mass is 10.2. The molecule has 0 atom stereocenters. The van der Waals surface area contributed by atoms with Crippen LogP contribution in [0.5, 0.6) is 5.75 Å². The number of sulfonamides is 1. The summed E-state index contributed by atoms with van der Waals surface area (Å²) < 4.78 is 33.6. The van der Waals surface area contributed by atoms with Gasteiger partial charge < -0.3 is 4.74 Å². The Morgan fingerprint density at radius 3 is 2.59 bits per heavy atom. The first-order chi connectivity index (χ1) is 15.3. The van der Waals surface area contributed by atoms with E-state index in [1.54, 1.807) is 24.3 Å². The van der Waals surface area contributed by atoms with E-state index >= 15 is 0 Å². The predicted molar refractivity (Wildman–Crippen MR) is 125 cm³/mol. The highest BCUT2D eigenvalue weighted by atomic mass is 35.5. The zero-order chi connectivity index (χ0) is 23.1. The number of halogens is 1. The number of carbonyl (C=O) groups is 1. The summed E-state index contributed by atoms with van der Waals surface area (Å²) in [5.74, 6) is -0.358. The second-order valence-electron chi connectivity index (χ2n) is 6.88. The van der Waals surface area contributed by atoms with Crippen LogP contribution in [0, 0.1) is 0 Å². The van der Waals surface area contributed by atoms with Gasteiger partial charge in [-0.3, -0.25) is 10.1 Å². The molecule has 0 aliphatic carbocycles. The molecule has 170 valence electrons. The number of hydrogen-bond acceptors (Lipinski definition) is 7. The number of hydrogen-bond donors (Lipinski definition) is 2. The third-order valence-corrected chi connectivity index (χ3v) is 7.10. The third kappa shape index (κ3) is 6.26. The van der Waals surface area contributed by atoms with Crippen LogP contribution in [0.2, 0.25) is 5.02 Å². The molecule has 0 aliphatic heterocycles. The van der Waals surface area contributed by atoms with Gasteiger partial charge in [-0.15, -0.1) is 10.2 Å². The van der Waals surface area contributed by atoms with Gasteiger partial charge in [-0.25, -0.2) is 13.1 Å². The lowest BCUT2D eigenvalue weighted by Crippen LogP contribution is -2.24. The molecule has 0 aliphatic rings. The number of nitrogens with one attached hydrogen (secondary N) is 2.